The van der Waals surface area contributed by atoms with E-state index in [1.807, 2.05) is 6.92 Å². The van der Waals surface area contributed by atoms with Gasteiger partial charge in [-0.3, -0.25) is 14.5 Å². The van der Waals surface area contributed by atoms with Crippen LogP contribution in [-0.4, -0.2) is 35.5 Å². The molecule has 1 amide bonds. The van der Waals surface area contributed by atoms with Gasteiger partial charge < -0.3 is 14.6 Å². The Labute approximate surface area is 216 Å². The normalized spacial score (nSPS) is 16.9. The number of ketones is 1. The Kier molecular flexibility index (Phi) is 6.62. The number of Topliss-reactive ketones (excluding diaryl/α,β-unsaturated/α-hetero) is 1. The number of hydrogen-bond donors (Lipinski definition) is 1. The van der Waals surface area contributed by atoms with Crippen LogP contribution in [0.15, 0.2) is 72.3 Å². The first-order valence-electron chi connectivity index (χ1n) is 11.7. The number of anilines is 1. The second-order valence-corrected chi connectivity index (χ2v) is 9.44. The number of aliphatic hydroxyl groups excluding tert-OH is 1. The number of aromatic nitrogens is 1. The second-order valence-electron chi connectivity index (χ2n) is 8.43. The number of halogens is 1. The molecule has 188 valence electrons. The van der Waals surface area contributed by atoms with Gasteiger partial charge in [-0.1, -0.05) is 30.4 Å². The summed E-state index contributed by atoms with van der Waals surface area (Å²) in [4.78, 5) is 32.5. The summed E-state index contributed by atoms with van der Waals surface area (Å²) in [6.07, 6.45) is 0.851. The lowest BCUT2D eigenvalue weighted by Gasteiger charge is -2.23. The third-order valence-corrected chi connectivity index (χ3v) is 7.02. The fraction of sp³-hybridized carbons (Fsp3) is 0.179. The van der Waals surface area contributed by atoms with Crippen LogP contribution in [0, 0.1) is 5.82 Å². The van der Waals surface area contributed by atoms with Crippen molar-refractivity contribution in [3.8, 4) is 11.5 Å². The molecule has 1 aliphatic heterocycles. The van der Waals surface area contributed by atoms with E-state index >= 15 is 0 Å². The van der Waals surface area contributed by atoms with E-state index in [4.69, 9.17) is 9.47 Å². The van der Waals surface area contributed by atoms with E-state index < -0.39 is 23.5 Å². The van der Waals surface area contributed by atoms with Crippen molar-refractivity contribution in [3.05, 3.63) is 89.2 Å². The molecule has 37 heavy (non-hydrogen) atoms. The Bertz CT molecular complexity index is 1530. The zero-order valence-electron chi connectivity index (χ0n) is 20.1. The van der Waals surface area contributed by atoms with E-state index in [1.165, 1.54) is 30.2 Å². The predicted octanol–water partition coefficient (Wildman–Crippen LogP) is 5.86. The zero-order chi connectivity index (χ0) is 26.1. The molecular weight excluding hydrogens is 495 g/mol. The molecule has 1 unspecified atom stereocenters. The Hall–Kier alpha value is -4.24. The number of thiazole rings is 1. The molecule has 0 saturated carbocycles. The van der Waals surface area contributed by atoms with E-state index in [-0.39, 0.29) is 16.5 Å². The average Bonchev–Trinajstić information content (AvgIpc) is 3.44. The summed E-state index contributed by atoms with van der Waals surface area (Å²) in [6, 6.07) is 16.7. The first kappa shape index (κ1) is 24.5. The van der Waals surface area contributed by atoms with E-state index in [0.717, 1.165) is 17.8 Å². The molecule has 2 heterocycles. The highest BCUT2D eigenvalue weighted by molar-refractivity contribution is 7.22. The van der Waals surface area contributed by atoms with Gasteiger partial charge in [-0.05, 0) is 66.6 Å². The van der Waals surface area contributed by atoms with Crippen molar-refractivity contribution in [1.82, 2.24) is 4.98 Å². The lowest BCUT2D eigenvalue weighted by Crippen LogP contribution is -2.29. The Morgan fingerprint density at radius 1 is 1.08 bits per heavy atom. The number of nitrogens with zero attached hydrogens (tertiary/aromatic N) is 2. The molecule has 0 spiro atoms. The van der Waals surface area contributed by atoms with Crippen LogP contribution in [0.2, 0.25) is 0 Å². The number of carbonyl (C=O) groups excluding carboxylic acids is 2. The molecule has 1 saturated heterocycles. The summed E-state index contributed by atoms with van der Waals surface area (Å²) in [5, 5.41) is 11.5. The lowest BCUT2D eigenvalue weighted by molar-refractivity contribution is -0.132. The molecule has 1 aromatic heterocycles. The van der Waals surface area contributed by atoms with Gasteiger partial charge >= 0.3 is 5.91 Å². The summed E-state index contributed by atoms with van der Waals surface area (Å²) in [6.45, 7) is 2.55. The Morgan fingerprint density at radius 2 is 1.86 bits per heavy atom. The van der Waals surface area contributed by atoms with Crippen molar-refractivity contribution in [2.45, 2.75) is 19.4 Å². The number of carbonyl (C=O) groups is 2. The number of methoxy groups -OCH3 is 1. The van der Waals surface area contributed by atoms with Crippen molar-refractivity contribution in [1.29, 1.82) is 0 Å². The molecule has 1 aliphatic rings. The summed E-state index contributed by atoms with van der Waals surface area (Å²) in [7, 11) is 1.51. The van der Waals surface area contributed by atoms with E-state index in [1.54, 1.807) is 48.5 Å². The fourth-order valence-corrected chi connectivity index (χ4v) is 5.25. The van der Waals surface area contributed by atoms with Gasteiger partial charge in [-0.25, -0.2) is 9.37 Å². The number of rotatable bonds is 7. The summed E-state index contributed by atoms with van der Waals surface area (Å²) >= 11 is 1.09. The lowest BCUT2D eigenvalue weighted by atomic mass is 9.95. The van der Waals surface area contributed by atoms with Crippen LogP contribution in [0.1, 0.15) is 30.5 Å². The summed E-state index contributed by atoms with van der Waals surface area (Å²) < 4.78 is 25.3. The number of fused-ring (bicyclic) bond motifs is 1. The fourth-order valence-electron chi connectivity index (χ4n) is 4.23. The second kappa shape index (κ2) is 10.0. The number of ether oxygens (including phenoxy) is 2. The molecule has 0 bridgehead atoms. The van der Waals surface area contributed by atoms with Crippen molar-refractivity contribution in [2.24, 2.45) is 0 Å². The SMILES string of the molecule is CCCOc1ccc(/C(O)=C2\C(=O)C(=O)N(c3nc4ccc(F)cc4s3)C2c2cccc(OC)c2)cc1. The van der Waals surface area contributed by atoms with E-state index in [2.05, 4.69) is 4.98 Å². The number of hydrogen-bond acceptors (Lipinski definition) is 7. The van der Waals surface area contributed by atoms with Crippen LogP contribution in [0.3, 0.4) is 0 Å². The van der Waals surface area contributed by atoms with Gasteiger partial charge in [-0.15, -0.1) is 0 Å². The first-order chi connectivity index (χ1) is 17.9. The van der Waals surface area contributed by atoms with Crippen LogP contribution in [0.25, 0.3) is 16.0 Å². The smallest absolute Gasteiger partial charge is 0.301 e. The molecule has 1 fully saturated rings. The van der Waals surface area contributed by atoms with E-state index in [9.17, 15) is 19.1 Å². The highest BCUT2D eigenvalue weighted by atomic mass is 32.1. The van der Waals surface area contributed by atoms with Crippen LogP contribution in [0.5, 0.6) is 11.5 Å². The minimum Gasteiger partial charge on any atom is -0.507 e. The van der Waals surface area contributed by atoms with E-state index in [0.29, 0.717) is 39.4 Å². The van der Waals surface area contributed by atoms with Gasteiger partial charge in [0.25, 0.3) is 5.78 Å². The van der Waals surface area contributed by atoms with Gasteiger partial charge in [0, 0.05) is 5.56 Å². The highest BCUT2D eigenvalue weighted by Crippen LogP contribution is 2.45. The topological polar surface area (TPSA) is 89.0 Å². The van der Waals surface area contributed by atoms with Crippen molar-refractivity contribution in [3.63, 3.8) is 0 Å². The monoisotopic (exact) mass is 518 g/mol. The maximum absolute atomic E-state index is 13.8. The quantitative estimate of drug-likeness (QED) is 0.187. The summed E-state index contributed by atoms with van der Waals surface area (Å²) in [5.74, 6) is -1.28. The maximum Gasteiger partial charge on any atom is 0.301 e. The van der Waals surface area contributed by atoms with Gasteiger partial charge in [-0.2, -0.15) is 0 Å². The summed E-state index contributed by atoms with van der Waals surface area (Å²) in [5.41, 5.74) is 1.33. The number of amides is 1. The molecule has 4 aromatic rings. The van der Waals surface area contributed by atoms with Crippen LogP contribution >= 0.6 is 11.3 Å². The standard InChI is InChI=1S/C28H23FN2O5S/c1-3-13-36-19-10-7-16(8-11-19)25(32)23-24(17-5-4-6-20(14-17)35-2)31(27(34)26(23)33)28-30-21-12-9-18(29)15-22(21)37-28/h4-12,14-15,24,32H,3,13H2,1-2H3/b25-23+. The van der Waals surface area contributed by atoms with Gasteiger partial charge in [0.15, 0.2) is 5.13 Å². The molecule has 0 radical (unpaired) electrons. The number of aliphatic hydroxyl groups is 1. The molecule has 3 aromatic carbocycles. The zero-order valence-corrected chi connectivity index (χ0v) is 20.9. The van der Waals surface area contributed by atoms with Gasteiger partial charge in [0.1, 0.15) is 23.1 Å². The Balaban J connectivity index is 1.66. The molecular formula is C28H23FN2O5S. The minimum atomic E-state index is -0.975. The average molecular weight is 519 g/mol. The molecule has 9 heteroatoms. The maximum atomic E-state index is 13.8. The largest absolute Gasteiger partial charge is 0.507 e. The van der Waals surface area contributed by atoms with Crippen molar-refractivity contribution >= 4 is 44.1 Å². The molecule has 7 nitrogen and oxygen atoms in total. The van der Waals surface area contributed by atoms with Crippen LogP contribution in [0.4, 0.5) is 9.52 Å². The van der Waals surface area contributed by atoms with Crippen molar-refractivity contribution in [2.75, 3.05) is 18.6 Å². The van der Waals surface area contributed by atoms with Crippen molar-refractivity contribution < 1.29 is 28.6 Å². The van der Waals surface area contributed by atoms with Crippen LogP contribution < -0.4 is 14.4 Å². The van der Waals surface area contributed by atoms with Crippen LogP contribution in [-0.2, 0) is 9.59 Å². The molecule has 1 atom stereocenters. The highest BCUT2D eigenvalue weighted by Gasteiger charge is 2.48. The Morgan fingerprint density at radius 3 is 2.59 bits per heavy atom. The molecule has 1 N–H and O–H groups in total. The molecule has 5 rings (SSSR count). The van der Waals surface area contributed by atoms with Gasteiger partial charge in [0.05, 0.1) is 35.5 Å². The first-order valence-corrected chi connectivity index (χ1v) is 12.5. The predicted molar refractivity (Wildman–Crippen MR) is 140 cm³/mol. The molecule has 0 aliphatic carbocycles. The minimum absolute atomic E-state index is 0.0779. The third kappa shape index (κ3) is 4.53. The third-order valence-electron chi connectivity index (χ3n) is 6.00. The van der Waals surface area contributed by atoms with Gasteiger partial charge in [0.2, 0.25) is 0 Å². The number of benzene rings is 3.